The number of sulfone groups is 1. The highest BCUT2D eigenvalue weighted by Crippen LogP contribution is 2.34. The van der Waals surface area contributed by atoms with Gasteiger partial charge in [-0.1, -0.05) is 30.3 Å². The van der Waals surface area contributed by atoms with Crippen LogP contribution in [0, 0.1) is 11.6 Å². The molecule has 1 saturated heterocycles. The van der Waals surface area contributed by atoms with Gasteiger partial charge in [0.25, 0.3) is 0 Å². The number of alkyl halides is 1. The molecule has 4 rings (SSSR count). The number of benzene rings is 2. The Morgan fingerprint density at radius 1 is 1.13 bits per heavy atom. The number of halogens is 3. The molecule has 0 aliphatic carbocycles. The van der Waals surface area contributed by atoms with E-state index in [0.717, 1.165) is 29.2 Å². The third-order valence-corrected chi connectivity index (χ3v) is 7.84. The molecular formula is C21H20F3N3O2S2. The molecule has 5 nitrogen and oxygen atoms in total. The minimum absolute atomic E-state index is 0.0330. The lowest BCUT2D eigenvalue weighted by Crippen LogP contribution is -2.37. The van der Waals surface area contributed by atoms with Crippen molar-refractivity contribution < 1.29 is 21.6 Å². The second-order valence-electron chi connectivity index (χ2n) is 7.49. The summed E-state index contributed by atoms with van der Waals surface area (Å²) in [5.41, 5.74) is 0.938. The number of aromatic nitrogens is 2. The normalized spacial score (nSPS) is 20.1. The summed E-state index contributed by atoms with van der Waals surface area (Å²) < 4.78 is 72.4. The highest BCUT2D eigenvalue weighted by molar-refractivity contribution is 7.90. The molecule has 1 fully saturated rings. The van der Waals surface area contributed by atoms with Crippen molar-refractivity contribution in [3.63, 3.8) is 0 Å². The van der Waals surface area contributed by atoms with Crippen molar-refractivity contribution in [2.24, 2.45) is 0 Å². The van der Waals surface area contributed by atoms with Crippen LogP contribution in [0.1, 0.15) is 35.0 Å². The van der Waals surface area contributed by atoms with Crippen LogP contribution in [-0.4, -0.2) is 35.4 Å². The van der Waals surface area contributed by atoms with E-state index in [0.29, 0.717) is 13.0 Å². The Labute approximate surface area is 182 Å². The molecule has 2 aromatic carbocycles. The summed E-state index contributed by atoms with van der Waals surface area (Å²) in [5.74, 6) is -2.38. The fourth-order valence-corrected chi connectivity index (χ4v) is 6.01. The molecule has 0 amide bonds. The van der Waals surface area contributed by atoms with Crippen LogP contribution in [0.25, 0.3) is 0 Å². The Kier molecular flexibility index (Phi) is 6.40. The van der Waals surface area contributed by atoms with Gasteiger partial charge in [-0.05, 0) is 42.1 Å². The van der Waals surface area contributed by atoms with E-state index >= 15 is 0 Å². The topological polar surface area (TPSA) is 63.2 Å². The number of nitrogens with zero attached hydrogens (tertiary/aromatic N) is 3. The summed E-state index contributed by atoms with van der Waals surface area (Å²) in [6.45, 7) is 0.435. The van der Waals surface area contributed by atoms with Crippen LogP contribution >= 0.6 is 11.5 Å². The number of hydrogen-bond acceptors (Lipinski definition) is 6. The summed E-state index contributed by atoms with van der Waals surface area (Å²) in [5, 5.41) is 0.198. The average Bonchev–Trinajstić information content (AvgIpc) is 3.24. The Balaban J connectivity index is 1.59. The summed E-state index contributed by atoms with van der Waals surface area (Å²) in [6.07, 6.45) is 0.819. The van der Waals surface area contributed by atoms with E-state index < -0.39 is 38.3 Å². The molecule has 1 aromatic heterocycles. The maximum atomic E-state index is 14.8. The SMILES string of the molecule is O=S(=O)(Cc1ncns1)c1cc(F)c(CN2CC[C@@H](F)C[C@H]2c2ccccc2)cc1F. The van der Waals surface area contributed by atoms with E-state index in [2.05, 4.69) is 9.36 Å². The molecule has 31 heavy (non-hydrogen) atoms. The highest BCUT2D eigenvalue weighted by atomic mass is 32.2. The first-order chi connectivity index (χ1) is 14.8. The van der Waals surface area contributed by atoms with Gasteiger partial charge in [-0.2, -0.15) is 4.37 Å². The fraction of sp³-hybridized carbons (Fsp3) is 0.333. The minimum atomic E-state index is -4.12. The first-order valence-electron chi connectivity index (χ1n) is 9.73. The first-order valence-corrected chi connectivity index (χ1v) is 12.2. The standard InChI is InChI=1S/C21H20F3N3O2S2/c22-16-6-7-27(19(9-16)14-4-2-1-3-5-14)11-15-8-18(24)20(10-17(15)23)31(28,29)12-21-25-13-26-30-21/h1-5,8,10,13,16,19H,6-7,9,11-12H2/t16-,19+/m1/s1. The van der Waals surface area contributed by atoms with E-state index in [9.17, 15) is 21.6 Å². The Bertz CT molecular complexity index is 1140. The summed E-state index contributed by atoms with van der Waals surface area (Å²) in [6, 6.07) is 10.7. The minimum Gasteiger partial charge on any atom is -0.292 e. The fourth-order valence-electron chi connectivity index (χ4n) is 3.83. The molecule has 0 radical (unpaired) electrons. The van der Waals surface area contributed by atoms with Gasteiger partial charge in [-0.15, -0.1) is 0 Å². The van der Waals surface area contributed by atoms with Crippen LogP contribution in [0.3, 0.4) is 0 Å². The van der Waals surface area contributed by atoms with Crippen molar-refractivity contribution >= 4 is 21.4 Å². The molecule has 0 bridgehead atoms. The number of hydrogen-bond donors (Lipinski definition) is 0. The van der Waals surface area contributed by atoms with Gasteiger partial charge in [0.1, 0.15) is 39.8 Å². The molecule has 2 heterocycles. The zero-order chi connectivity index (χ0) is 22.0. The summed E-state index contributed by atoms with van der Waals surface area (Å²) in [4.78, 5) is 4.99. The quantitative estimate of drug-likeness (QED) is 0.536. The van der Waals surface area contributed by atoms with Crippen molar-refractivity contribution in [2.45, 2.75) is 42.2 Å². The van der Waals surface area contributed by atoms with Crippen molar-refractivity contribution in [2.75, 3.05) is 6.54 Å². The van der Waals surface area contributed by atoms with Gasteiger partial charge in [-0.25, -0.2) is 26.6 Å². The largest absolute Gasteiger partial charge is 0.292 e. The van der Waals surface area contributed by atoms with E-state index in [1.165, 1.54) is 6.33 Å². The Morgan fingerprint density at radius 2 is 1.90 bits per heavy atom. The van der Waals surface area contributed by atoms with Crippen molar-refractivity contribution in [3.05, 3.63) is 76.6 Å². The highest BCUT2D eigenvalue weighted by Gasteiger charge is 2.31. The maximum Gasteiger partial charge on any atom is 0.187 e. The molecule has 0 unspecified atom stereocenters. The van der Waals surface area contributed by atoms with Gasteiger partial charge in [-0.3, -0.25) is 4.90 Å². The second-order valence-corrected chi connectivity index (χ2v) is 10.3. The predicted molar refractivity (Wildman–Crippen MR) is 111 cm³/mol. The second kappa shape index (κ2) is 9.05. The van der Waals surface area contributed by atoms with Gasteiger partial charge >= 0.3 is 0 Å². The lowest BCUT2D eigenvalue weighted by molar-refractivity contribution is 0.0825. The van der Waals surface area contributed by atoms with Crippen LogP contribution in [0.5, 0.6) is 0 Å². The van der Waals surface area contributed by atoms with E-state index in [-0.39, 0.29) is 29.6 Å². The Hall–Kier alpha value is -2.30. The van der Waals surface area contributed by atoms with Crippen molar-refractivity contribution in [3.8, 4) is 0 Å². The van der Waals surface area contributed by atoms with Gasteiger partial charge < -0.3 is 0 Å². The van der Waals surface area contributed by atoms with Crippen molar-refractivity contribution in [1.29, 1.82) is 0 Å². The predicted octanol–water partition coefficient (Wildman–Crippen LogP) is 4.47. The molecule has 0 spiro atoms. The van der Waals surface area contributed by atoms with Gasteiger partial charge in [0.15, 0.2) is 9.84 Å². The summed E-state index contributed by atoms with van der Waals surface area (Å²) in [7, 11) is -4.12. The van der Waals surface area contributed by atoms with Crippen LogP contribution < -0.4 is 0 Å². The van der Waals surface area contributed by atoms with Gasteiger partial charge in [0, 0.05) is 24.7 Å². The monoisotopic (exact) mass is 467 g/mol. The average molecular weight is 468 g/mol. The van der Waals surface area contributed by atoms with Gasteiger partial charge in [0.05, 0.1) is 0 Å². The molecule has 3 aromatic rings. The molecule has 0 saturated carbocycles. The molecule has 0 N–H and O–H groups in total. The van der Waals surface area contributed by atoms with Crippen LogP contribution in [0.2, 0.25) is 0 Å². The van der Waals surface area contributed by atoms with Crippen LogP contribution in [0.4, 0.5) is 13.2 Å². The molecule has 1 aliphatic heterocycles. The first kappa shape index (κ1) is 21.9. The molecular weight excluding hydrogens is 447 g/mol. The lowest BCUT2D eigenvalue weighted by atomic mass is 9.93. The van der Waals surface area contributed by atoms with Crippen molar-refractivity contribution in [1.82, 2.24) is 14.3 Å². The summed E-state index contributed by atoms with van der Waals surface area (Å²) >= 11 is 0.885. The smallest absolute Gasteiger partial charge is 0.187 e. The Morgan fingerprint density at radius 3 is 2.61 bits per heavy atom. The zero-order valence-corrected chi connectivity index (χ0v) is 18.1. The maximum absolute atomic E-state index is 14.8. The third kappa shape index (κ3) is 4.97. The molecule has 2 atom stereocenters. The van der Waals surface area contributed by atoms with Gasteiger partial charge in [0.2, 0.25) is 0 Å². The lowest BCUT2D eigenvalue weighted by Gasteiger charge is -2.37. The number of piperidine rings is 1. The van der Waals surface area contributed by atoms with Crippen LogP contribution in [0.15, 0.2) is 53.7 Å². The molecule has 1 aliphatic rings. The van der Waals surface area contributed by atoms with E-state index in [1.807, 2.05) is 35.2 Å². The molecule has 10 heteroatoms. The number of likely N-dealkylation sites (tertiary alicyclic amines) is 1. The number of rotatable bonds is 6. The van der Waals surface area contributed by atoms with E-state index in [4.69, 9.17) is 0 Å². The zero-order valence-electron chi connectivity index (χ0n) is 16.4. The van der Waals surface area contributed by atoms with Crippen LogP contribution in [-0.2, 0) is 22.1 Å². The van der Waals surface area contributed by atoms with E-state index in [1.54, 1.807) is 0 Å². The molecule has 164 valence electrons. The third-order valence-electron chi connectivity index (χ3n) is 5.36.